The number of ether oxygens (including phenoxy) is 1. The maximum absolute atomic E-state index is 12.6. The van der Waals surface area contributed by atoms with E-state index in [9.17, 15) is 22.8 Å². The first-order valence-corrected chi connectivity index (χ1v) is 10.8. The molecule has 10 nitrogen and oxygen atoms in total. The molecule has 0 aliphatic carbocycles. The van der Waals surface area contributed by atoms with Gasteiger partial charge in [0.25, 0.3) is 11.5 Å². The number of hydrogen-bond acceptors (Lipinski definition) is 6. The van der Waals surface area contributed by atoms with E-state index in [1.165, 1.54) is 43.5 Å². The van der Waals surface area contributed by atoms with Crippen LogP contribution in [-0.2, 0) is 16.6 Å². The Kier molecular flexibility index (Phi) is 5.65. The summed E-state index contributed by atoms with van der Waals surface area (Å²) in [5.41, 5.74) is 0.101. The lowest BCUT2D eigenvalue weighted by molar-refractivity contribution is 0.102. The quantitative estimate of drug-likeness (QED) is 0.537. The summed E-state index contributed by atoms with van der Waals surface area (Å²) < 4.78 is 31.4. The molecule has 3 N–H and O–H groups in total. The summed E-state index contributed by atoms with van der Waals surface area (Å²) in [6, 6.07) is 8.82. The van der Waals surface area contributed by atoms with E-state index in [2.05, 4.69) is 15.0 Å². The molecule has 1 amide bonds. The van der Waals surface area contributed by atoms with Gasteiger partial charge in [0.2, 0.25) is 10.0 Å². The molecule has 0 fully saturated rings. The Hall–Kier alpha value is -3.60. The van der Waals surface area contributed by atoms with Crippen molar-refractivity contribution in [1.82, 2.24) is 9.55 Å². The minimum atomic E-state index is -3.50. The van der Waals surface area contributed by atoms with E-state index < -0.39 is 27.2 Å². The molecule has 0 bridgehead atoms. The first-order valence-electron chi connectivity index (χ1n) is 8.87. The molecule has 0 saturated heterocycles. The first kappa shape index (κ1) is 21.1. The molecular weight excluding hydrogens is 412 g/mol. The van der Waals surface area contributed by atoms with Crippen molar-refractivity contribution in [3.8, 4) is 5.75 Å². The third kappa shape index (κ3) is 4.35. The number of sulfonamides is 1. The Morgan fingerprint density at radius 3 is 2.53 bits per heavy atom. The molecule has 3 rings (SSSR count). The fraction of sp³-hybridized carbons (Fsp3) is 0.211. The molecule has 0 atom stereocenters. The summed E-state index contributed by atoms with van der Waals surface area (Å²) in [6.07, 6.45) is 1.02. The number of carbonyl (C=O) groups is 1. The molecule has 1 aromatic heterocycles. The van der Waals surface area contributed by atoms with Gasteiger partial charge < -0.3 is 15.0 Å². The number of fused-ring (bicyclic) bond motifs is 1. The van der Waals surface area contributed by atoms with Gasteiger partial charge in [0.1, 0.15) is 5.75 Å². The van der Waals surface area contributed by atoms with Crippen molar-refractivity contribution in [2.75, 3.05) is 23.4 Å². The van der Waals surface area contributed by atoms with E-state index in [-0.39, 0.29) is 29.1 Å². The van der Waals surface area contributed by atoms with Crippen LogP contribution in [0.3, 0.4) is 0 Å². The van der Waals surface area contributed by atoms with Crippen LogP contribution in [0.4, 0.5) is 11.4 Å². The molecule has 3 aromatic rings. The van der Waals surface area contributed by atoms with Crippen molar-refractivity contribution in [3.05, 3.63) is 62.8 Å². The molecule has 0 saturated carbocycles. The summed E-state index contributed by atoms with van der Waals surface area (Å²) in [7, 11) is -2.12. The number of nitrogens with one attached hydrogen (secondary N) is 3. The third-order valence-electron chi connectivity index (χ3n) is 4.32. The van der Waals surface area contributed by atoms with Crippen LogP contribution >= 0.6 is 0 Å². The molecule has 2 aromatic carbocycles. The zero-order valence-corrected chi connectivity index (χ0v) is 17.3. The molecule has 0 spiro atoms. The van der Waals surface area contributed by atoms with E-state index in [0.717, 1.165) is 10.8 Å². The van der Waals surface area contributed by atoms with Crippen LogP contribution in [0.2, 0.25) is 0 Å². The van der Waals surface area contributed by atoms with Crippen molar-refractivity contribution in [1.29, 1.82) is 0 Å². The zero-order valence-electron chi connectivity index (χ0n) is 16.5. The highest BCUT2D eigenvalue weighted by molar-refractivity contribution is 7.92. The smallest absolute Gasteiger partial charge is 0.328 e. The maximum atomic E-state index is 12.6. The number of amides is 1. The monoisotopic (exact) mass is 432 g/mol. The Morgan fingerprint density at radius 2 is 1.90 bits per heavy atom. The van der Waals surface area contributed by atoms with Crippen molar-refractivity contribution in [2.24, 2.45) is 0 Å². The summed E-state index contributed by atoms with van der Waals surface area (Å²) in [5, 5.41) is 2.97. The lowest BCUT2D eigenvalue weighted by Gasteiger charge is -2.12. The molecule has 1 heterocycles. The standard InChI is InChI=1S/C19H20N4O6S/c1-4-23-18(25)13-7-5-11(9-15(13)21-19(23)26)17(24)20-12-6-8-14(16(10-12)29-2)22-30(3,27)28/h5-10,22H,4H2,1-3H3,(H,20,24)(H,21,26). The lowest BCUT2D eigenvalue weighted by Crippen LogP contribution is -2.34. The SMILES string of the molecule is CCn1c(=O)[nH]c2cc(C(=O)Nc3ccc(NS(C)(=O)=O)c(OC)c3)ccc2c1=O. The fourth-order valence-corrected chi connectivity index (χ4v) is 3.51. The van der Waals surface area contributed by atoms with E-state index in [0.29, 0.717) is 11.1 Å². The summed E-state index contributed by atoms with van der Waals surface area (Å²) in [5.74, 6) is -0.260. The normalized spacial score (nSPS) is 11.3. The number of H-pyrrole nitrogens is 1. The van der Waals surface area contributed by atoms with Crippen molar-refractivity contribution in [2.45, 2.75) is 13.5 Å². The topological polar surface area (TPSA) is 139 Å². The Bertz CT molecular complexity index is 1360. The van der Waals surface area contributed by atoms with Gasteiger partial charge in [-0.2, -0.15) is 0 Å². The van der Waals surface area contributed by atoms with Crippen LogP contribution in [0.15, 0.2) is 46.0 Å². The molecule has 158 valence electrons. The number of methoxy groups -OCH3 is 1. The van der Waals surface area contributed by atoms with E-state index in [1.807, 2.05) is 0 Å². The zero-order chi connectivity index (χ0) is 22.1. The second-order valence-corrected chi connectivity index (χ2v) is 8.23. The largest absolute Gasteiger partial charge is 0.494 e. The van der Waals surface area contributed by atoms with Crippen molar-refractivity contribution in [3.63, 3.8) is 0 Å². The number of rotatable bonds is 6. The number of anilines is 2. The number of aromatic amines is 1. The highest BCUT2D eigenvalue weighted by Crippen LogP contribution is 2.29. The highest BCUT2D eigenvalue weighted by Gasteiger charge is 2.13. The molecule has 0 aliphatic heterocycles. The summed E-state index contributed by atoms with van der Waals surface area (Å²) >= 11 is 0. The minimum absolute atomic E-state index is 0.223. The predicted octanol–water partition coefficient (Wildman–Crippen LogP) is 1.34. The average Bonchev–Trinajstić information content (AvgIpc) is 2.67. The second-order valence-electron chi connectivity index (χ2n) is 6.48. The van der Waals surface area contributed by atoms with Gasteiger partial charge in [0, 0.05) is 23.9 Å². The Labute approximate surface area is 171 Å². The van der Waals surface area contributed by atoms with Gasteiger partial charge in [-0.25, -0.2) is 13.2 Å². The van der Waals surface area contributed by atoms with E-state index in [4.69, 9.17) is 4.74 Å². The lowest BCUT2D eigenvalue weighted by atomic mass is 10.1. The van der Waals surface area contributed by atoms with Crippen LogP contribution in [0, 0.1) is 0 Å². The number of aromatic nitrogens is 2. The molecular formula is C19H20N4O6S. The van der Waals surface area contributed by atoms with Crippen molar-refractivity contribution >= 4 is 38.2 Å². The average molecular weight is 432 g/mol. The minimum Gasteiger partial charge on any atom is -0.494 e. The molecule has 11 heteroatoms. The number of nitrogens with zero attached hydrogens (tertiary/aromatic N) is 1. The van der Waals surface area contributed by atoms with Crippen LogP contribution in [0.1, 0.15) is 17.3 Å². The van der Waals surface area contributed by atoms with Gasteiger partial charge in [-0.1, -0.05) is 0 Å². The molecule has 30 heavy (non-hydrogen) atoms. The second kappa shape index (κ2) is 8.03. The number of hydrogen-bond donors (Lipinski definition) is 3. The van der Waals surface area contributed by atoms with Gasteiger partial charge in [-0.15, -0.1) is 0 Å². The highest BCUT2D eigenvalue weighted by atomic mass is 32.2. The number of carbonyl (C=O) groups excluding carboxylic acids is 1. The van der Waals surface area contributed by atoms with Gasteiger partial charge in [0.05, 0.1) is 30.0 Å². The summed E-state index contributed by atoms with van der Waals surface area (Å²) in [6.45, 7) is 1.92. The van der Waals surface area contributed by atoms with Gasteiger partial charge in [-0.05, 0) is 37.3 Å². The van der Waals surface area contributed by atoms with Crippen LogP contribution in [-0.4, -0.2) is 37.2 Å². The van der Waals surface area contributed by atoms with Crippen LogP contribution in [0.5, 0.6) is 5.75 Å². The molecule has 0 unspecified atom stereocenters. The van der Waals surface area contributed by atoms with Crippen LogP contribution in [0.25, 0.3) is 10.9 Å². The van der Waals surface area contributed by atoms with Crippen LogP contribution < -0.4 is 26.0 Å². The maximum Gasteiger partial charge on any atom is 0.328 e. The van der Waals surface area contributed by atoms with E-state index in [1.54, 1.807) is 6.92 Å². The Balaban J connectivity index is 1.91. The predicted molar refractivity (Wildman–Crippen MR) is 114 cm³/mol. The molecule has 0 radical (unpaired) electrons. The number of benzene rings is 2. The third-order valence-corrected chi connectivity index (χ3v) is 4.91. The van der Waals surface area contributed by atoms with Gasteiger partial charge in [0.15, 0.2) is 0 Å². The molecule has 0 aliphatic rings. The first-order chi connectivity index (χ1) is 14.1. The van der Waals surface area contributed by atoms with Crippen molar-refractivity contribution < 1.29 is 17.9 Å². The Morgan fingerprint density at radius 1 is 1.17 bits per heavy atom. The van der Waals surface area contributed by atoms with Gasteiger partial charge in [-0.3, -0.25) is 18.9 Å². The summed E-state index contributed by atoms with van der Waals surface area (Å²) in [4.78, 5) is 39.6. The van der Waals surface area contributed by atoms with E-state index >= 15 is 0 Å². The van der Waals surface area contributed by atoms with Gasteiger partial charge >= 0.3 is 5.69 Å². The fourth-order valence-electron chi connectivity index (χ4n) is 2.94.